The zero-order chi connectivity index (χ0) is 16.5. The summed E-state index contributed by atoms with van der Waals surface area (Å²) in [7, 11) is 0. The molecule has 2 atom stereocenters. The normalized spacial score (nSPS) is 18.2. The van der Waals surface area contributed by atoms with E-state index in [0.717, 1.165) is 5.69 Å². The third-order valence-corrected chi connectivity index (χ3v) is 3.60. The number of esters is 2. The van der Waals surface area contributed by atoms with Gasteiger partial charge in [-0.15, -0.1) is 0 Å². The van der Waals surface area contributed by atoms with Crippen molar-refractivity contribution in [1.82, 2.24) is 0 Å². The van der Waals surface area contributed by atoms with Crippen molar-refractivity contribution in [3.8, 4) is 0 Å². The van der Waals surface area contributed by atoms with E-state index in [-0.39, 0.29) is 18.9 Å². The van der Waals surface area contributed by atoms with Crippen LogP contribution < -0.4 is 5.32 Å². The standard InChI is InChI=1S/C17H23NO5/c1-2-22-17(20)16(13-9-11-21-12-13)23-15(19)8-10-18-14-6-4-3-5-7-14/h3-7,13,16,18H,2,8-12H2,1H3. The number of hydrogen-bond donors (Lipinski definition) is 1. The Balaban J connectivity index is 1.80. The van der Waals surface area contributed by atoms with Crippen LogP contribution in [0.4, 0.5) is 5.69 Å². The van der Waals surface area contributed by atoms with Crippen molar-refractivity contribution in [1.29, 1.82) is 0 Å². The van der Waals surface area contributed by atoms with Gasteiger partial charge in [-0.05, 0) is 25.5 Å². The molecule has 0 aliphatic carbocycles. The first kappa shape index (κ1) is 17.3. The fourth-order valence-electron chi connectivity index (χ4n) is 2.42. The van der Waals surface area contributed by atoms with Crippen molar-refractivity contribution in [2.24, 2.45) is 5.92 Å². The predicted molar refractivity (Wildman–Crippen MR) is 85.0 cm³/mol. The number of hydrogen-bond acceptors (Lipinski definition) is 6. The Bertz CT molecular complexity index is 499. The summed E-state index contributed by atoms with van der Waals surface area (Å²) >= 11 is 0. The number of carbonyl (C=O) groups is 2. The van der Waals surface area contributed by atoms with Crippen LogP contribution in [0.25, 0.3) is 0 Å². The maximum absolute atomic E-state index is 12.0. The highest BCUT2D eigenvalue weighted by atomic mass is 16.6. The second kappa shape index (κ2) is 9.15. The van der Waals surface area contributed by atoms with Gasteiger partial charge in [-0.1, -0.05) is 18.2 Å². The smallest absolute Gasteiger partial charge is 0.347 e. The molecule has 0 spiro atoms. The average Bonchev–Trinajstić information content (AvgIpc) is 3.08. The zero-order valence-corrected chi connectivity index (χ0v) is 13.3. The lowest BCUT2D eigenvalue weighted by Crippen LogP contribution is -2.36. The van der Waals surface area contributed by atoms with E-state index in [0.29, 0.717) is 26.2 Å². The molecule has 1 aromatic carbocycles. The van der Waals surface area contributed by atoms with E-state index in [9.17, 15) is 9.59 Å². The largest absolute Gasteiger partial charge is 0.463 e. The molecule has 2 rings (SSSR count). The van der Waals surface area contributed by atoms with Crippen LogP contribution in [0.15, 0.2) is 30.3 Å². The van der Waals surface area contributed by atoms with E-state index >= 15 is 0 Å². The number of para-hydroxylation sites is 1. The molecule has 23 heavy (non-hydrogen) atoms. The van der Waals surface area contributed by atoms with Crippen LogP contribution in [0.1, 0.15) is 19.8 Å². The Hall–Kier alpha value is -2.08. The molecule has 6 nitrogen and oxygen atoms in total. The molecule has 0 saturated carbocycles. The molecular formula is C17H23NO5. The van der Waals surface area contributed by atoms with Gasteiger partial charge in [0.2, 0.25) is 6.10 Å². The minimum absolute atomic E-state index is 0.125. The second-order valence-corrected chi connectivity index (χ2v) is 5.33. The monoisotopic (exact) mass is 321 g/mol. The first-order chi connectivity index (χ1) is 11.2. The molecule has 0 aromatic heterocycles. The van der Waals surface area contributed by atoms with Gasteiger partial charge < -0.3 is 19.5 Å². The van der Waals surface area contributed by atoms with Crippen LogP contribution in [0.2, 0.25) is 0 Å². The molecule has 126 valence electrons. The van der Waals surface area contributed by atoms with E-state index in [4.69, 9.17) is 14.2 Å². The summed E-state index contributed by atoms with van der Waals surface area (Å²) in [5.41, 5.74) is 0.937. The van der Waals surface area contributed by atoms with E-state index in [1.807, 2.05) is 30.3 Å². The Kier molecular flexibility index (Phi) is 6.87. The molecule has 1 saturated heterocycles. The van der Waals surface area contributed by atoms with Gasteiger partial charge in [0.25, 0.3) is 0 Å². The predicted octanol–water partition coefficient (Wildman–Crippen LogP) is 2.00. The molecule has 0 amide bonds. The minimum atomic E-state index is -0.873. The lowest BCUT2D eigenvalue weighted by molar-refractivity contribution is -0.171. The van der Waals surface area contributed by atoms with Crippen LogP contribution in [-0.2, 0) is 23.8 Å². The first-order valence-corrected chi connectivity index (χ1v) is 7.93. The highest BCUT2D eigenvalue weighted by Crippen LogP contribution is 2.21. The summed E-state index contributed by atoms with van der Waals surface area (Å²) in [6.45, 7) is 3.42. The van der Waals surface area contributed by atoms with Gasteiger partial charge in [-0.2, -0.15) is 0 Å². The molecule has 1 aliphatic rings. The average molecular weight is 321 g/mol. The zero-order valence-electron chi connectivity index (χ0n) is 13.3. The summed E-state index contributed by atoms with van der Waals surface area (Å²) in [4.78, 5) is 24.0. The fraction of sp³-hybridized carbons (Fsp3) is 0.529. The van der Waals surface area contributed by atoms with Crippen LogP contribution >= 0.6 is 0 Å². The van der Waals surface area contributed by atoms with Gasteiger partial charge in [0, 0.05) is 24.8 Å². The Morgan fingerprint density at radius 1 is 1.35 bits per heavy atom. The maximum Gasteiger partial charge on any atom is 0.347 e. The molecule has 1 aliphatic heterocycles. The fourth-order valence-corrected chi connectivity index (χ4v) is 2.42. The number of ether oxygens (including phenoxy) is 3. The molecule has 1 N–H and O–H groups in total. The molecule has 2 unspecified atom stereocenters. The van der Waals surface area contributed by atoms with Crippen LogP contribution in [0, 0.1) is 5.92 Å². The summed E-state index contributed by atoms with van der Waals surface area (Å²) < 4.78 is 15.6. The maximum atomic E-state index is 12.0. The van der Waals surface area contributed by atoms with Gasteiger partial charge in [0.05, 0.1) is 19.6 Å². The highest BCUT2D eigenvalue weighted by molar-refractivity contribution is 5.80. The van der Waals surface area contributed by atoms with Crippen LogP contribution in [0.5, 0.6) is 0 Å². The third kappa shape index (κ3) is 5.56. The van der Waals surface area contributed by atoms with Gasteiger partial charge in [0.15, 0.2) is 0 Å². The summed E-state index contributed by atoms with van der Waals surface area (Å²) in [6, 6.07) is 9.59. The first-order valence-electron chi connectivity index (χ1n) is 7.93. The van der Waals surface area contributed by atoms with Crippen LogP contribution in [0.3, 0.4) is 0 Å². The van der Waals surface area contributed by atoms with E-state index in [1.54, 1.807) is 6.92 Å². The lowest BCUT2D eigenvalue weighted by Gasteiger charge is -2.21. The molecule has 0 radical (unpaired) electrons. The summed E-state index contributed by atoms with van der Waals surface area (Å²) in [5.74, 6) is -1.04. The van der Waals surface area contributed by atoms with E-state index < -0.39 is 18.0 Å². The molecular weight excluding hydrogens is 298 g/mol. The van der Waals surface area contributed by atoms with Crippen molar-refractivity contribution >= 4 is 17.6 Å². The lowest BCUT2D eigenvalue weighted by atomic mass is 10.0. The quantitative estimate of drug-likeness (QED) is 0.738. The van der Waals surface area contributed by atoms with Crippen molar-refractivity contribution < 1.29 is 23.8 Å². The van der Waals surface area contributed by atoms with Crippen molar-refractivity contribution in [2.45, 2.75) is 25.9 Å². The number of rotatable bonds is 8. The van der Waals surface area contributed by atoms with Crippen molar-refractivity contribution in [3.63, 3.8) is 0 Å². The van der Waals surface area contributed by atoms with Gasteiger partial charge in [-0.25, -0.2) is 4.79 Å². The van der Waals surface area contributed by atoms with Gasteiger partial charge >= 0.3 is 11.9 Å². The highest BCUT2D eigenvalue weighted by Gasteiger charge is 2.35. The SMILES string of the molecule is CCOC(=O)C(OC(=O)CCNc1ccccc1)C1CCOC1. The molecule has 1 aromatic rings. The number of carbonyl (C=O) groups excluding carboxylic acids is 2. The summed E-state index contributed by atoms with van der Waals surface area (Å²) in [6.07, 6.45) is -0.00103. The number of benzene rings is 1. The number of nitrogens with one attached hydrogen (secondary N) is 1. The molecule has 1 heterocycles. The Morgan fingerprint density at radius 3 is 2.78 bits per heavy atom. The summed E-state index contributed by atoms with van der Waals surface area (Å²) in [5, 5.41) is 3.13. The minimum Gasteiger partial charge on any atom is -0.463 e. The Labute approximate surface area is 136 Å². The number of anilines is 1. The molecule has 0 bridgehead atoms. The van der Waals surface area contributed by atoms with E-state index in [2.05, 4.69) is 5.32 Å². The van der Waals surface area contributed by atoms with Crippen LogP contribution in [-0.4, -0.2) is 44.4 Å². The van der Waals surface area contributed by atoms with Gasteiger partial charge in [0.1, 0.15) is 0 Å². The van der Waals surface area contributed by atoms with Gasteiger partial charge in [-0.3, -0.25) is 4.79 Å². The van der Waals surface area contributed by atoms with E-state index in [1.165, 1.54) is 0 Å². The van der Waals surface area contributed by atoms with Crippen molar-refractivity contribution in [2.75, 3.05) is 31.7 Å². The van der Waals surface area contributed by atoms with Crippen molar-refractivity contribution in [3.05, 3.63) is 30.3 Å². The molecule has 6 heteroatoms. The third-order valence-electron chi connectivity index (χ3n) is 3.60. The Morgan fingerprint density at radius 2 is 2.13 bits per heavy atom. The topological polar surface area (TPSA) is 73.9 Å². The molecule has 1 fully saturated rings. The second-order valence-electron chi connectivity index (χ2n) is 5.33.